The molecule has 1 fully saturated rings. The lowest BCUT2D eigenvalue weighted by molar-refractivity contribution is -0.137. The number of carbonyl (C=O) groups excluding carboxylic acids is 1. The Labute approximate surface area is 262 Å². The average molecular weight is 612 g/mol. The van der Waals surface area contributed by atoms with Crippen molar-refractivity contribution in [2.24, 2.45) is 0 Å². The van der Waals surface area contributed by atoms with E-state index in [0.29, 0.717) is 31.1 Å². The molecule has 0 atom stereocenters. The number of fused-ring (bicyclic) bond motifs is 3. The van der Waals surface area contributed by atoms with E-state index in [4.69, 9.17) is 30.2 Å². The molecule has 1 aliphatic carbocycles. The number of benzene rings is 3. The monoisotopic (exact) mass is 611 g/mol. The molecule has 3 aromatic carbocycles. The molecular formula is C34H37N5O6. The lowest BCUT2D eigenvalue weighted by Crippen LogP contribution is -2.48. The molecule has 0 unspecified atom stereocenters. The molecule has 45 heavy (non-hydrogen) atoms. The van der Waals surface area contributed by atoms with Gasteiger partial charge in [0, 0.05) is 43.9 Å². The van der Waals surface area contributed by atoms with Crippen molar-refractivity contribution in [3.05, 3.63) is 94.5 Å². The molecule has 0 bridgehead atoms. The average Bonchev–Trinajstić information content (AvgIpc) is 3.09. The normalized spacial score (nSPS) is 14.4. The number of nitrogens with zero attached hydrogens (tertiary/aromatic N) is 4. The van der Waals surface area contributed by atoms with Crippen LogP contribution in [0.15, 0.2) is 66.7 Å². The Morgan fingerprint density at radius 1 is 0.911 bits per heavy atom. The summed E-state index contributed by atoms with van der Waals surface area (Å²) in [5, 5.41) is 8.76. The molecule has 4 aromatic rings. The fraction of sp³-hybridized carbons (Fsp3) is 0.324. The molecule has 6 rings (SSSR count). The number of carbonyl (C=O) groups is 1. The Morgan fingerprint density at radius 2 is 1.71 bits per heavy atom. The first kappa shape index (κ1) is 30.3. The molecule has 234 valence electrons. The van der Waals surface area contributed by atoms with E-state index in [1.54, 1.807) is 24.3 Å². The largest absolute Gasteiger partial charge is 0.489 e. The minimum absolute atomic E-state index is 0.277. The fourth-order valence-corrected chi connectivity index (χ4v) is 5.85. The van der Waals surface area contributed by atoms with Crippen LogP contribution in [0, 0.1) is 0 Å². The number of hydrogen-bond acceptors (Lipinski definition) is 11. The SMILES string of the molecule is COC(=O)c1cccc(COCCN2CCN(c3nc(N)nc4c3CCc3cc(OCc5ccc(OO)cc5)ccc3-4)CC2)c1. The minimum Gasteiger partial charge on any atom is -0.489 e. The zero-order chi connectivity index (χ0) is 31.2. The van der Waals surface area contributed by atoms with Gasteiger partial charge < -0.3 is 29.7 Å². The van der Waals surface area contributed by atoms with E-state index >= 15 is 0 Å². The van der Waals surface area contributed by atoms with Crippen molar-refractivity contribution in [3.63, 3.8) is 0 Å². The van der Waals surface area contributed by atoms with E-state index in [0.717, 1.165) is 85.1 Å². The van der Waals surface area contributed by atoms with Crippen molar-refractivity contribution in [1.29, 1.82) is 0 Å². The van der Waals surface area contributed by atoms with Crippen LogP contribution in [0.1, 0.15) is 32.6 Å². The highest BCUT2D eigenvalue weighted by atomic mass is 17.1. The Bertz CT molecular complexity index is 1640. The second-order valence-corrected chi connectivity index (χ2v) is 11.1. The van der Waals surface area contributed by atoms with Crippen molar-refractivity contribution in [1.82, 2.24) is 14.9 Å². The standard InChI is InChI=1S/C34H37N5O6/c1-42-33(40)26-4-2-3-24(19-26)21-43-18-17-38-13-15-39(16-14-38)32-30-11-7-25-20-28(10-12-29(25)31(30)36-34(35)37-32)44-22-23-5-8-27(45-41)9-6-23/h2-6,8-10,12,19-20,41H,7,11,13-18,21-22H2,1H3,(H2,35,36,37). The molecule has 0 spiro atoms. The first-order valence-corrected chi connectivity index (χ1v) is 15.1. The number of esters is 1. The number of methoxy groups -OCH3 is 1. The van der Waals surface area contributed by atoms with Gasteiger partial charge in [0.2, 0.25) is 5.95 Å². The zero-order valence-corrected chi connectivity index (χ0v) is 25.3. The molecule has 0 amide bonds. The number of aryl methyl sites for hydroxylation is 1. The molecular weight excluding hydrogens is 574 g/mol. The van der Waals surface area contributed by atoms with Gasteiger partial charge in [0.05, 0.1) is 31.6 Å². The van der Waals surface area contributed by atoms with E-state index in [1.165, 1.54) is 12.7 Å². The van der Waals surface area contributed by atoms with Crippen LogP contribution in [0.25, 0.3) is 11.3 Å². The zero-order valence-electron chi connectivity index (χ0n) is 25.3. The predicted octanol–water partition coefficient (Wildman–Crippen LogP) is 4.38. The summed E-state index contributed by atoms with van der Waals surface area (Å²) in [6, 6.07) is 20.5. The van der Waals surface area contributed by atoms with E-state index in [2.05, 4.69) is 31.8 Å². The van der Waals surface area contributed by atoms with Gasteiger partial charge in [0.25, 0.3) is 0 Å². The number of ether oxygens (including phenoxy) is 3. The number of rotatable bonds is 11. The van der Waals surface area contributed by atoms with Crippen LogP contribution in [0.5, 0.6) is 11.5 Å². The number of nitrogen functional groups attached to an aromatic ring is 1. The maximum absolute atomic E-state index is 11.8. The van der Waals surface area contributed by atoms with Crippen molar-refractivity contribution in [3.8, 4) is 22.8 Å². The molecule has 0 saturated carbocycles. The van der Waals surface area contributed by atoms with Crippen LogP contribution in [0.3, 0.4) is 0 Å². The van der Waals surface area contributed by atoms with Gasteiger partial charge in [-0.2, -0.15) is 4.98 Å². The van der Waals surface area contributed by atoms with E-state index in [-0.39, 0.29) is 11.9 Å². The van der Waals surface area contributed by atoms with Crippen molar-refractivity contribution < 1.29 is 29.1 Å². The number of hydrogen-bond donors (Lipinski definition) is 2. The highest BCUT2D eigenvalue weighted by molar-refractivity contribution is 5.89. The Kier molecular flexibility index (Phi) is 9.39. The van der Waals surface area contributed by atoms with E-state index < -0.39 is 0 Å². The first-order chi connectivity index (χ1) is 22.0. The van der Waals surface area contributed by atoms with Crippen LogP contribution in [-0.4, -0.2) is 72.5 Å². The summed E-state index contributed by atoms with van der Waals surface area (Å²) in [7, 11) is 1.38. The summed E-state index contributed by atoms with van der Waals surface area (Å²) in [5.74, 6) is 2.04. The Morgan fingerprint density at radius 3 is 2.49 bits per heavy atom. The van der Waals surface area contributed by atoms with Crippen molar-refractivity contribution in [2.45, 2.75) is 26.1 Å². The summed E-state index contributed by atoms with van der Waals surface area (Å²) in [5.41, 5.74) is 13.0. The quantitative estimate of drug-likeness (QED) is 0.108. The number of nitrogens with two attached hydrogens (primary N) is 1. The summed E-state index contributed by atoms with van der Waals surface area (Å²) in [6.45, 7) is 5.76. The third-order valence-electron chi connectivity index (χ3n) is 8.25. The van der Waals surface area contributed by atoms with Crippen molar-refractivity contribution >= 4 is 17.7 Å². The second kappa shape index (κ2) is 13.9. The number of anilines is 2. The smallest absolute Gasteiger partial charge is 0.337 e. The van der Waals surface area contributed by atoms with Crippen molar-refractivity contribution in [2.75, 3.05) is 57.1 Å². The van der Waals surface area contributed by atoms with Gasteiger partial charge in [0.1, 0.15) is 18.2 Å². The van der Waals surface area contributed by atoms with Gasteiger partial charge in [-0.15, -0.1) is 0 Å². The van der Waals surface area contributed by atoms with Crippen LogP contribution in [0.4, 0.5) is 11.8 Å². The van der Waals surface area contributed by atoms with Crippen LogP contribution < -0.4 is 20.3 Å². The van der Waals surface area contributed by atoms with E-state index in [9.17, 15) is 4.79 Å². The van der Waals surface area contributed by atoms with Crippen LogP contribution >= 0.6 is 0 Å². The summed E-state index contributed by atoms with van der Waals surface area (Å²) >= 11 is 0. The highest BCUT2D eigenvalue weighted by Crippen LogP contribution is 2.38. The lowest BCUT2D eigenvalue weighted by atomic mass is 9.88. The molecule has 1 saturated heterocycles. The molecule has 11 heteroatoms. The van der Waals surface area contributed by atoms with Gasteiger partial charge in [-0.1, -0.05) is 24.3 Å². The van der Waals surface area contributed by atoms with Crippen LogP contribution in [-0.2, 0) is 35.5 Å². The van der Waals surface area contributed by atoms with Gasteiger partial charge in [-0.3, -0.25) is 4.90 Å². The number of piperazine rings is 1. The predicted molar refractivity (Wildman–Crippen MR) is 169 cm³/mol. The highest BCUT2D eigenvalue weighted by Gasteiger charge is 2.27. The molecule has 1 aliphatic heterocycles. The van der Waals surface area contributed by atoms with Gasteiger partial charge >= 0.3 is 5.97 Å². The molecule has 2 aliphatic rings. The maximum atomic E-state index is 11.8. The molecule has 2 heterocycles. The minimum atomic E-state index is -0.347. The summed E-state index contributed by atoms with van der Waals surface area (Å²) in [6.07, 6.45) is 1.69. The molecule has 11 nitrogen and oxygen atoms in total. The Balaban J connectivity index is 1.04. The Hall–Kier alpha value is -4.71. The fourth-order valence-electron chi connectivity index (χ4n) is 5.85. The molecule has 3 N–H and O–H groups in total. The topological polar surface area (TPSA) is 132 Å². The van der Waals surface area contributed by atoms with E-state index in [1.807, 2.05) is 30.3 Å². The second-order valence-electron chi connectivity index (χ2n) is 11.1. The van der Waals surface area contributed by atoms with Crippen LogP contribution in [0.2, 0.25) is 0 Å². The molecule has 1 aromatic heterocycles. The number of aromatic nitrogens is 2. The third-order valence-corrected chi connectivity index (χ3v) is 8.25. The first-order valence-electron chi connectivity index (χ1n) is 15.1. The molecule has 0 radical (unpaired) electrons. The third kappa shape index (κ3) is 7.17. The summed E-state index contributed by atoms with van der Waals surface area (Å²) < 4.78 is 16.8. The lowest BCUT2D eigenvalue weighted by Gasteiger charge is -2.37. The van der Waals surface area contributed by atoms with Gasteiger partial charge in [0.15, 0.2) is 5.75 Å². The van der Waals surface area contributed by atoms with Gasteiger partial charge in [-0.25, -0.2) is 15.0 Å². The van der Waals surface area contributed by atoms with Gasteiger partial charge in [-0.05, 0) is 72.0 Å². The maximum Gasteiger partial charge on any atom is 0.337 e. The summed E-state index contributed by atoms with van der Waals surface area (Å²) in [4.78, 5) is 30.1.